The number of hydrogen-bond acceptors (Lipinski definition) is 5. The lowest BCUT2D eigenvalue weighted by molar-refractivity contribution is 0.0726. The highest BCUT2D eigenvalue weighted by molar-refractivity contribution is 14.1. The topological polar surface area (TPSA) is 61.8 Å². The molecule has 23 heavy (non-hydrogen) atoms. The molecular formula is C17H15IO5. The Morgan fingerprint density at radius 2 is 1.65 bits per heavy atom. The Kier molecular flexibility index (Phi) is 5.59. The molecule has 0 spiro atoms. The first-order valence-electron chi connectivity index (χ1n) is 6.72. The average Bonchev–Trinajstić information content (AvgIpc) is 2.54. The average molecular weight is 426 g/mol. The largest absolute Gasteiger partial charge is 0.493 e. The van der Waals surface area contributed by atoms with Gasteiger partial charge in [0.25, 0.3) is 0 Å². The molecule has 0 aromatic heterocycles. The number of rotatable bonds is 5. The molecule has 120 valence electrons. The summed E-state index contributed by atoms with van der Waals surface area (Å²) in [6.07, 6.45) is 0. The first-order valence-corrected chi connectivity index (χ1v) is 7.80. The molecule has 0 fully saturated rings. The van der Waals surface area contributed by atoms with Crippen LogP contribution in [0.2, 0.25) is 0 Å². The van der Waals surface area contributed by atoms with Crippen LogP contribution >= 0.6 is 22.6 Å². The lowest BCUT2D eigenvalue weighted by Gasteiger charge is -2.17. The van der Waals surface area contributed by atoms with Gasteiger partial charge in [-0.1, -0.05) is 18.2 Å². The van der Waals surface area contributed by atoms with Crippen molar-refractivity contribution < 1.29 is 23.8 Å². The molecule has 2 aromatic carbocycles. The maximum atomic E-state index is 12.3. The number of esters is 1. The zero-order chi connectivity index (χ0) is 17.0. The third-order valence-corrected chi connectivity index (χ3v) is 3.98. The summed E-state index contributed by atoms with van der Waals surface area (Å²) in [6, 6.07) is 10.2. The number of ether oxygens (including phenoxy) is 3. The number of carbonyl (C=O) groups is 2. The van der Waals surface area contributed by atoms with Crippen molar-refractivity contribution in [1.82, 2.24) is 0 Å². The van der Waals surface area contributed by atoms with Crippen LogP contribution in [0.1, 0.15) is 27.6 Å². The fourth-order valence-corrected chi connectivity index (χ4v) is 2.99. The second-order valence-electron chi connectivity index (χ2n) is 4.61. The summed E-state index contributed by atoms with van der Waals surface area (Å²) in [5.74, 6) is -0.139. The Balaban J connectivity index is 2.57. The van der Waals surface area contributed by atoms with E-state index in [2.05, 4.69) is 0 Å². The summed E-state index contributed by atoms with van der Waals surface area (Å²) < 4.78 is 16.6. The van der Waals surface area contributed by atoms with Crippen LogP contribution in [-0.4, -0.2) is 26.0 Å². The van der Waals surface area contributed by atoms with Crippen molar-refractivity contribution in [2.75, 3.05) is 14.2 Å². The number of carbonyl (C=O) groups excluding carboxylic acids is 2. The highest BCUT2D eigenvalue weighted by atomic mass is 127. The van der Waals surface area contributed by atoms with Gasteiger partial charge in [-0.25, -0.2) is 4.79 Å². The van der Waals surface area contributed by atoms with Gasteiger partial charge in [0.05, 0.1) is 25.3 Å². The zero-order valence-electron chi connectivity index (χ0n) is 12.9. The highest BCUT2D eigenvalue weighted by Gasteiger charge is 2.25. The first-order chi connectivity index (χ1) is 11.0. The molecule has 6 heteroatoms. The van der Waals surface area contributed by atoms with Crippen molar-refractivity contribution in [3.63, 3.8) is 0 Å². The van der Waals surface area contributed by atoms with Crippen molar-refractivity contribution in [3.8, 4) is 17.2 Å². The quantitative estimate of drug-likeness (QED) is 0.316. The van der Waals surface area contributed by atoms with Gasteiger partial charge < -0.3 is 14.2 Å². The highest BCUT2D eigenvalue weighted by Crippen LogP contribution is 2.43. The summed E-state index contributed by atoms with van der Waals surface area (Å²) in [5, 5.41) is 0. The van der Waals surface area contributed by atoms with E-state index in [1.807, 2.05) is 22.6 Å². The molecule has 0 saturated carbocycles. The number of hydrogen-bond donors (Lipinski definition) is 0. The Morgan fingerprint density at radius 1 is 1.00 bits per heavy atom. The summed E-state index contributed by atoms with van der Waals surface area (Å²) in [7, 11) is 2.90. The van der Waals surface area contributed by atoms with Crippen LogP contribution in [0.25, 0.3) is 0 Å². The van der Waals surface area contributed by atoms with Crippen LogP contribution < -0.4 is 14.2 Å². The van der Waals surface area contributed by atoms with Gasteiger partial charge >= 0.3 is 5.97 Å². The van der Waals surface area contributed by atoms with E-state index in [1.165, 1.54) is 21.1 Å². The fraction of sp³-hybridized carbons (Fsp3) is 0.176. The van der Waals surface area contributed by atoms with Crippen molar-refractivity contribution in [3.05, 3.63) is 51.1 Å². The lowest BCUT2D eigenvalue weighted by Crippen LogP contribution is -2.13. The van der Waals surface area contributed by atoms with Crippen LogP contribution in [0.4, 0.5) is 0 Å². The van der Waals surface area contributed by atoms with Gasteiger partial charge in [0.1, 0.15) is 0 Å². The molecule has 0 saturated heterocycles. The van der Waals surface area contributed by atoms with Crippen molar-refractivity contribution in [2.45, 2.75) is 6.92 Å². The van der Waals surface area contributed by atoms with E-state index < -0.39 is 5.97 Å². The monoisotopic (exact) mass is 426 g/mol. The minimum Gasteiger partial charge on any atom is -0.493 e. The summed E-state index contributed by atoms with van der Waals surface area (Å²) in [6.45, 7) is 1.41. The van der Waals surface area contributed by atoms with Crippen molar-refractivity contribution >= 4 is 34.3 Å². The molecule has 0 atom stereocenters. The summed E-state index contributed by atoms with van der Waals surface area (Å²) >= 11 is 2.00. The van der Waals surface area contributed by atoms with E-state index in [4.69, 9.17) is 14.2 Å². The van der Waals surface area contributed by atoms with E-state index in [-0.39, 0.29) is 22.8 Å². The minimum absolute atomic E-state index is 0.0672. The van der Waals surface area contributed by atoms with Crippen molar-refractivity contribution in [1.29, 1.82) is 0 Å². The van der Waals surface area contributed by atoms with Gasteiger partial charge in [0.2, 0.25) is 5.75 Å². The van der Waals surface area contributed by atoms with E-state index in [9.17, 15) is 9.59 Å². The third-order valence-electron chi connectivity index (χ3n) is 3.13. The molecule has 0 radical (unpaired) electrons. The second-order valence-corrected chi connectivity index (χ2v) is 5.77. The Labute approximate surface area is 147 Å². The smallest absolute Gasteiger partial charge is 0.343 e. The zero-order valence-corrected chi connectivity index (χ0v) is 15.0. The molecule has 0 amide bonds. The molecule has 5 nitrogen and oxygen atoms in total. The van der Waals surface area contributed by atoms with Gasteiger partial charge in [0, 0.05) is 3.57 Å². The van der Waals surface area contributed by atoms with Crippen LogP contribution in [-0.2, 0) is 0 Å². The van der Waals surface area contributed by atoms with Crippen LogP contribution in [0.3, 0.4) is 0 Å². The summed E-state index contributed by atoms with van der Waals surface area (Å²) in [4.78, 5) is 24.3. The maximum Gasteiger partial charge on any atom is 0.343 e. The van der Waals surface area contributed by atoms with Crippen LogP contribution in [0.15, 0.2) is 36.4 Å². The molecular weight excluding hydrogens is 411 g/mol. The van der Waals surface area contributed by atoms with E-state index in [1.54, 1.807) is 36.4 Å². The number of ketones is 1. The lowest BCUT2D eigenvalue weighted by atomic mass is 10.1. The molecule has 0 aliphatic heterocycles. The van der Waals surface area contributed by atoms with Gasteiger partial charge in [-0.2, -0.15) is 0 Å². The summed E-state index contributed by atoms with van der Waals surface area (Å²) in [5.41, 5.74) is 0.661. The Bertz CT molecular complexity index is 740. The molecule has 0 heterocycles. The fourth-order valence-electron chi connectivity index (χ4n) is 2.08. The molecule has 0 N–H and O–H groups in total. The number of halogens is 1. The van der Waals surface area contributed by atoms with Crippen LogP contribution in [0.5, 0.6) is 17.2 Å². The first kappa shape index (κ1) is 17.3. The SMILES string of the molecule is COc1cc(I)c(C(C)=O)c(OC(=O)c2ccccc2)c1OC. The number of methoxy groups -OCH3 is 2. The maximum absolute atomic E-state index is 12.3. The van der Waals surface area contributed by atoms with Gasteiger partial charge in [-0.05, 0) is 47.7 Å². The molecule has 0 unspecified atom stereocenters. The van der Waals surface area contributed by atoms with E-state index in [0.29, 0.717) is 14.9 Å². The van der Waals surface area contributed by atoms with E-state index >= 15 is 0 Å². The number of Topliss-reactive ketones (excluding diaryl/α,β-unsaturated/α-hetero) is 1. The number of benzene rings is 2. The molecule has 0 aliphatic rings. The van der Waals surface area contributed by atoms with Crippen LogP contribution in [0, 0.1) is 3.57 Å². The standard InChI is InChI=1S/C17H15IO5/c1-10(19)14-12(18)9-13(21-2)15(22-3)16(14)23-17(20)11-7-5-4-6-8-11/h4-9H,1-3H3. The van der Waals surface area contributed by atoms with E-state index in [0.717, 1.165) is 0 Å². The molecule has 2 aromatic rings. The predicted octanol–water partition coefficient (Wildman–Crippen LogP) is 3.73. The predicted molar refractivity (Wildman–Crippen MR) is 93.7 cm³/mol. The molecule has 0 bridgehead atoms. The third kappa shape index (κ3) is 3.64. The Morgan fingerprint density at radius 3 is 2.17 bits per heavy atom. The molecule has 2 rings (SSSR count). The Hall–Kier alpha value is -2.09. The van der Waals surface area contributed by atoms with Gasteiger partial charge in [0.15, 0.2) is 17.3 Å². The molecule has 0 aliphatic carbocycles. The van der Waals surface area contributed by atoms with Gasteiger partial charge in [-0.3, -0.25) is 4.79 Å². The van der Waals surface area contributed by atoms with Gasteiger partial charge in [-0.15, -0.1) is 0 Å². The van der Waals surface area contributed by atoms with Crippen molar-refractivity contribution in [2.24, 2.45) is 0 Å². The minimum atomic E-state index is -0.574. The second kappa shape index (κ2) is 7.45. The normalized spacial score (nSPS) is 10.1.